The summed E-state index contributed by atoms with van der Waals surface area (Å²) in [7, 11) is 0. The molecule has 0 aromatic rings. The zero-order chi connectivity index (χ0) is 13.7. The molecule has 2 heterocycles. The first-order chi connectivity index (χ1) is 9.16. The minimum Gasteiger partial charge on any atom is -0.440 e. The Kier molecular flexibility index (Phi) is 5.06. The molecule has 0 aromatic carbocycles. The predicted molar refractivity (Wildman–Crippen MR) is 70.8 cm³/mol. The van der Waals surface area contributed by atoms with Crippen LogP contribution in [0.1, 0.15) is 19.3 Å². The lowest BCUT2D eigenvalue weighted by molar-refractivity contribution is -0.133. The molecule has 2 saturated heterocycles. The lowest BCUT2D eigenvalue weighted by Gasteiger charge is -2.13. The fourth-order valence-corrected chi connectivity index (χ4v) is 2.46. The molecule has 2 fully saturated rings. The first-order valence-electron chi connectivity index (χ1n) is 6.50. The number of ether oxygens (including phenoxy) is 1. The molecule has 0 aliphatic carbocycles. The molecule has 0 radical (unpaired) electrons. The number of carbonyl (C=O) groups is 2. The van der Waals surface area contributed by atoms with E-state index in [9.17, 15) is 9.59 Å². The zero-order valence-corrected chi connectivity index (χ0v) is 11.5. The Labute approximate surface area is 117 Å². The Bertz CT molecular complexity index is 410. The van der Waals surface area contributed by atoms with Crippen molar-refractivity contribution in [3.05, 3.63) is 0 Å². The van der Waals surface area contributed by atoms with E-state index in [0.717, 1.165) is 19.6 Å². The highest BCUT2D eigenvalue weighted by atomic mass is 35.5. The van der Waals surface area contributed by atoms with Crippen LogP contribution in [0, 0.1) is 11.8 Å². The van der Waals surface area contributed by atoms with Gasteiger partial charge in [-0.25, -0.2) is 4.79 Å². The number of likely N-dealkylation sites (tertiary alicyclic amines) is 2. The van der Waals surface area contributed by atoms with E-state index in [1.807, 2.05) is 0 Å². The minimum absolute atomic E-state index is 0.204. The molecule has 0 bridgehead atoms. The third-order valence-corrected chi connectivity index (χ3v) is 3.47. The number of halogens is 1. The Balaban J connectivity index is 1.73. The van der Waals surface area contributed by atoms with E-state index in [-0.39, 0.29) is 5.91 Å². The van der Waals surface area contributed by atoms with Gasteiger partial charge in [0.25, 0.3) is 5.91 Å². The molecule has 2 aliphatic heterocycles. The number of amides is 1. The van der Waals surface area contributed by atoms with Crippen molar-refractivity contribution in [2.45, 2.75) is 25.4 Å². The molecule has 1 amide bonds. The van der Waals surface area contributed by atoms with Gasteiger partial charge in [0.1, 0.15) is 0 Å². The second-order valence-corrected chi connectivity index (χ2v) is 5.04. The van der Waals surface area contributed by atoms with Crippen molar-refractivity contribution in [2.75, 3.05) is 32.7 Å². The molecule has 6 heteroatoms. The van der Waals surface area contributed by atoms with E-state index in [1.165, 1.54) is 12.8 Å². The number of carbonyl (C=O) groups excluding carboxylic acids is 2. The molecule has 0 saturated carbocycles. The summed E-state index contributed by atoms with van der Waals surface area (Å²) in [6.07, 6.45) is 2.26. The van der Waals surface area contributed by atoms with Crippen LogP contribution < -0.4 is 0 Å². The molecular weight excluding hydrogens is 268 g/mol. The van der Waals surface area contributed by atoms with Crippen LogP contribution in [-0.4, -0.2) is 60.0 Å². The van der Waals surface area contributed by atoms with Crippen LogP contribution in [-0.2, 0) is 9.53 Å². The van der Waals surface area contributed by atoms with Crippen LogP contribution in [0.3, 0.4) is 0 Å². The lowest BCUT2D eigenvalue weighted by atomic mass is 10.3. The van der Waals surface area contributed by atoms with E-state index in [4.69, 9.17) is 16.3 Å². The van der Waals surface area contributed by atoms with Crippen molar-refractivity contribution >= 4 is 22.9 Å². The van der Waals surface area contributed by atoms with E-state index < -0.39 is 11.5 Å². The smallest absolute Gasteiger partial charge is 0.404 e. The van der Waals surface area contributed by atoms with Crippen molar-refractivity contribution in [3.63, 3.8) is 0 Å². The van der Waals surface area contributed by atoms with Crippen LogP contribution >= 0.6 is 11.6 Å². The maximum atomic E-state index is 11.8. The van der Waals surface area contributed by atoms with Crippen molar-refractivity contribution in [1.82, 2.24) is 9.80 Å². The average Bonchev–Trinajstić information content (AvgIpc) is 2.98. The third kappa shape index (κ3) is 4.12. The van der Waals surface area contributed by atoms with Crippen LogP contribution in [0.5, 0.6) is 0 Å². The van der Waals surface area contributed by atoms with Crippen LogP contribution in [0.2, 0.25) is 0 Å². The Morgan fingerprint density at radius 2 is 1.95 bits per heavy atom. The second kappa shape index (κ2) is 6.78. The fourth-order valence-electron chi connectivity index (χ4n) is 2.35. The molecule has 0 aromatic heterocycles. The van der Waals surface area contributed by atoms with Crippen LogP contribution in [0.15, 0.2) is 0 Å². The highest BCUT2D eigenvalue weighted by molar-refractivity contribution is 6.61. The molecule has 0 unspecified atom stereocenters. The van der Waals surface area contributed by atoms with Crippen molar-refractivity contribution in [3.8, 4) is 11.8 Å². The summed E-state index contributed by atoms with van der Waals surface area (Å²) in [5.74, 6) is 5.87. The number of nitrogens with zero attached hydrogens (tertiary/aromatic N) is 2. The number of hydrogen-bond donors (Lipinski definition) is 0. The summed E-state index contributed by atoms with van der Waals surface area (Å²) in [5, 5.41) is 0. The molecule has 5 nitrogen and oxygen atoms in total. The molecule has 104 valence electrons. The average molecular weight is 285 g/mol. The van der Waals surface area contributed by atoms with Gasteiger partial charge < -0.3 is 9.64 Å². The fraction of sp³-hybridized carbons (Fsp3) is 0.692. The largest absolute Gasteiger partial charge is 0.440 e. The van der Waals surface area contributed by atoms with E-state index in [2.05, 4.69) is 16.7 Å². The zero-order valence-electron chi connectivity index (χ0n) is 10.7. The highest BCUT2D eigenvalue weighted by Crippen LogP contribution is 2.15. The van der Waals surface area contributed by atoms with Gasteiger partial charge in [-0.15, -0.1) is 0 Å². The topological polar surface area (TPSA) is 49.9 Å². The summed E-state index contributed by atoms with van der Waals surface area (Å²) in [4.78, 5) is 26.3. The quantitative estimate of drug-likeness (QED) is 0.574. The Morgan fingerprint density at radius 3 is 2.63 bits per heavy atom. The maximum Gasteiger partial charge on any atom is 0.404 e. The normalized spacial score (nSPS) is 23.3. The van der Waals surface area contributed by atoms with Crippen molar-refractivity contribution in [1.29, 1.82) is 0 Å². The molecule has 0 N–H and O–H groups in total. The van der Waals surface area contributed by atoms with E-state index in [1.54, 1.807) is 4.90 Å². The second-order valence-electron chi connectivity index (χ2n) is 4.73. The number of rotatable bonds is 3. The summed E-state index contributed by atoms with van der Waals surface area (Å²) in [5.41, 5.74) is -0.930. The summed E-state index contributed by atoms with van der Waals surface area (Å²) in [6.45, 7) is 3.95. The lowest BCUT2D eigenvalue weighted by Crippen LogP contribution is -2.31. The van der Waals surface area contributed by atoms with Gasteiger partial charge in [0.2, 0.25) is 0 Å². The highest BCUT2D eigenvalue weighted by Gasteiger charge is 2.33. The van der Waals surface area contributed by atoms with Gasteiger partial charge in [-0.2, -0.15) is 0 Å². The minimum atomic E-state index is -0.930. The Morgan fingerprint density at radius 1 is 1.26 bits per heavy atom. The molecule has 1 atom stereocenters. The van der Waals surface area contributed by atoms with Gasteiger partial charge in [-0.05, 0) is 25.9 Å². The van der Waals surface area contributed by atoms with E-state index in [0.29, 0.717) is 19.5 Å². The van der Waals surface area contributed by atoms with Gasteiger partial charge in [0.05, 0.1) is 13.1 Å². The van der Waals surface area contributed by atoms with Crippen molar-refractivity contribution < 1.29 is 14.3 Å². The van der Waals surface area contributed by atoms with Gasteiger partial charge >= 0.3 is 5.43 Å². The summed E-state index contributed by atoms with van der Waals surface area (Å²) < 4.78 is 4.72. The standard InChI is InChI=1S/C13H17ClN2O3/c14-13(18)19-11-5-10-16(12(11)17)9-4-3-8-15-6-1-2-7-15/h11H,1-2,5-10H2/t11-/m0/s1. The summed E-state index contributed by atoms with van der Waals surface area (Å²) >= 11 is 5.10. The number of hydrogen-bond acceptors (Lipinski definition) is 4. The Hall–Kier alpha value is -1.25. The molecular formula is C13H17ClN2O3. The van der Waals surface area contributed by atoms with Crippen molar-refractivity contribution in [2.24, 2.45) is 0 Å². The molecule has 2 aliphatic rings. The molecule has 19 heavy (non-hydrogen) atoms. The molecule has 0 spiro atoms. The first-order valence-corrected chi connectivity index (χ1v) is 6.87. The van der Waals surface area contributed by atoms with Gasteiger partial charge in [-0.1, -0.05) is 11.8 Å². The van der Waals surface area contributed by atoms with Gasteiger partial charge in [0.15, 0.2) is 6.10 Å². The third-order valence-electron chi connectivity index (χ3n) is 3.38. The SMILES string of the molecule is O=C(Cl)O[C@H]1CCN(CC#CCN2CCCC2)C1=O. The first kappa shape index (κ1) is 14.2. The van der Waals surface area contributed by atoms with Crippen LogP contribution in [0.4, 0.5) is 4.79 Å². The van der Waals surface area contributed by atoms with Gasteiger partial charge in [0, 0.05) is 24.6 Å². The molecule has 2 rings (SSSR count). The van der Waals surface area contributed by atoms with Gasteiger partial charge in [-0.3, -0.25) is 9.69 Å². The summed E-state index contributed by atoms with van der Waals surface area (Å²) in [6, 6.07) is 0. The predicted octanol–water partition coefficient (Wildman–Crippen LogP) is 1.06. The monoisotopic (exact) mass is 284 g/mol. The maximum absolute atomic E-state index is 11.8. The van der Waals surface area contributed by atoms with Crippen LogP contribution in [0.25, 0.3) is 0 Å². The van der Waals surface area contributed by atoms with E-state index >= 15 is 0 Å².